The summed E-state index contributed by atoms with van der Waals surface area (Å²) in [6.07, 6.45) is 0.0696. The van der Waals surface area contributed by atoms with Crippen LogP contribution in [0.5, 0.6) is 0 Å². The first kappa shape index (κ1) is 16.6. The summed E-state index contributed by atoms with van der Waals surface area (Å²) in [7, 11) is 0. The number of hydrazone groups is 1. The Bertz CT molecular complexity index is 619. The molecule has 1 aliphatic rings. The van der Waals surface area contributed by atoms with E-state index >= 15 is 0 Å². The first-order valence-electron chi connectivity index (χ1n) is 6.48. The van der Waals surface area contributed by atoms with E-state index in [9.17, 15) is 19.5 Å². The van der Waals surface area contributed by atoms with Crippen molar-refractivity contribution >= 4 is 45.6 Å². The highest BCUT2D eigenvalue weighted by molar-refractivity contribution is 8.15. The zero-order chi connectivity index (χ0) is 16.1. The highest BCUT2D eigenvalue weighted by atomic mass is 32.2. The monoisotopic (exact) mass is 338 g/mol. The van der Waals surface area contributed by atoms with Crippen molar-refractivity contribution in [3.8, 4) is 0 Å². The van der Waals surface area contributed by atoms with Gasteiger partial charge >= 0.3 is 5.97 Å². The van der Waals surface area contributed by atoms with Crippen molar-refractivity contribution in [3.63, 3.8) is 0 Å². The Morgan fingerprint density at radius 2 is 2.00 bits per heavy atom. The molecule has 0 bridgehead atoms. The first-order chi connectivity index (χ1) is 10.5. The Labute approximate surface area is 135 Å². The largest absolute Gasteiger partial charge is 0.479 e. The lowest BCUT2D eigenvalue weighted by Gasteiger charge is -2.16. The number of carbonyl (C=O) groups is 3. The van der Waals surface area contributed by atoms with Gasteiger partial charge in [0, 0.05) is 24.7 Å². The van der Waals surface area contributed by atoms with Crippen molar-refractivity contribution in [3.05, 3.63) is 35.9 Å². The molecule has 0 aromatic heterocycles. The maximum absolute atomic E-state index is 12.1. The average Bonchev–Trinajstić information content (AvgIpc) is 2.93. The van der Waals surface area contributed by atoms with Crippen LogP contribution in [0.25, 0.3) is 0 Å². The van der Waals surface area contributed by atoms with Crippen LogP contribution in [-0.2, 0) is 14.4 Å². The van der Waals surface area contributed by atoms with Crippen LogP contribution >= 0.6 is 23.5 Å². The molecule has 1 aromatic carbocycles. The normalized spacial score (nSPS) is 17.2. The van der Waals surface area contributed by atoms with Crippen LogP contribution in [0, 0.1) is 0 Å². The van der Waals surface area contributed by atoms with E-state index in [1.807, 2.05) is 30.3 Å². The number of amides is 1. The zero-order valence-electron chi connectivity index (χ0n) is 11.8. The molecule has 0 radical (unpaired) electrons. The minimum atomic E-state index is -1.12. The summed E-state index contributed by atoms with van der Waals surface area (Å²) in [6.45, 7) is 1.42. The van der Waals surface area contributed by atoms with Gasteiger partial charge in [0.15, 0.2) is 5.12 Å². The number of carbonyl (C=O) groups excluding carboxylic acids is 2. The predicted octanol–water partition coefficient (Wildman–Crippen LogP) is 2.00. The Hall–Kier alpha value is -1.80. The van der Waals surface area contributed by atoms with Crippen LogP contribution in [0.15, 0.2) is 35.4 Å². The minimum Gasteiger partial charge on any atom is -0.479 e. The number of hydrogen-bond acceptors (Lipinski definition) is 6. The van der Waals surface area contributed by atoms with Gasteiger partial charge in [0.2, 0.25) is 11.3 Å². The highest BCUT2D eigenvalue weighted by Crippen LogP contribution is 2.30. The Morgan fingerprint density at radius 1 is 1.32 bits per heavy atom. The number of carboxylic acids is 1. The van der Waals surface area contributed by atoms with Crippen LogP contribution in [-0.4, -0.2) is 43.3 Å². The molecular weight excluding hydrogens is 324 g/mol. The first-order valence-corrected chi connectivity index (χ1v) is 8.34. The third-order valence-electron chi connectivity index (χ3n) is 2.75. The molecule has 1 N–H and O–H groups in total. The Morgan fingerprint density at radius 3 is 2.59 bits per heavy atom. The van der Waals surface area contributed by atoms with Crippen LogP contribution in [0.1, 0.15) is 18.9 Å². The smallest absolute Gasteiger partial charge is 0.339 e. The Balaban J connectivity index is 2.12. The van der Waals surface area contributed by atoms with Crippen LogP contribution in [0.4, 0.5) is 0 Å². The zero-order valence-corrected chi connectivity index (χ0v) is 13.4. The molecule has 116 valence electrons. The van der Waals surface area contributed by atoms with Crippen LogP contribution < -0.4 is 0 Å². The van der Waals surface area contributed by atoms with E-state index in [1.54, 1.807) is 0 Å². The highest BCUT2D eigenvalue weighted by Gasteiger charge is 2.37. The predicted molar refractivity (Wildman–Crippen MR) is 86.6 cm³/mol. The second-order valence-corrected chi connectivity index (χ2v) is 6.75. The molecule has 0 fully saturated rings. The molecule has 1 aliphatic heterocycles. The molecule has 0 saturated heterocycles. The van der Waals surface area contributed by atoms with Crippen molar-refractivity contribution < 1.29 is 19.5 Å². The van der Waals surface area contributed by atoms with Crippen molar-refractivity contribution in [2.45, 2.75) is 18.7 Å². The summed E-state index contributed by atoms with van der Waals surface area (Å²) in [6, 6.07) is 9.11. The maximum Gasteiger partial charge on any atom is 0.339 e. The summed E-state index contributed by atoms with van der Waals surface area (Å²) in [4.78, 5) is 34.3. The minimum absolute atomic E-state index is 0.0696. The standard InChI is InChI=1S/C14H14N2O4S2/c1-9(17)21-8-7-11(18)16-13(14(19)20)22-12(15-16)10-5-3-2-4-6-10/h2-6,13H,7-8H2,1H3,(H,19,20). The van der Waals surface area contributed by atoms with Crippen molar-refractivity contribution in [2.75, 3.05) is 5.75 Å². The van der Waals surface area contributed by atoms with Gasteiger partial charge in [0.1, 0.15) is 5.04 Å². The molecule has 6 nitrogen and oxygen atoms in total. The van der Waals surface area contributed by atoms with Crippen LogP contribution in [0.3, 0.4) is 0 Å². The average molecular weight is 338 g/mol. The third kappa shape index (κ3) is 4.11. The second-order valence-electron chi connectivity index (χ2n) is 4.41. The molecule has 2 rings (SSSR count). The Kier molecular flexibility index (Phi) is 5.62. The molecule has 0 spiro atoms. The van der Waals surface area contributed by atoms with E-state index in [0.717, 1.165) is 34.1 Å². The van der Waals surface area contributed by atoms with E-state index in [0.29, 0.717) is 10.8 Å². The number of carboxylic acid groups (broad SMARTS) is 1. The van der Waals surface area contributed by atoms with Gasteiger partial charge in [-0.15, -0.1) is 0 Å². The number of thioether (sulfide) groups is 2. The molecule has 22 heavy (non-hydrogen) atoms. The second kappa shape index (κ2) is 7.46. The number of nitrogens with zero attached hydrogens (tertiary/aromatic N) is 2. The lowest BCUT2D eigenvalue weighted by molar-refractivity contribution is -0.145. The number of rotatable bonds is 5. The molecule has 8 heteroatoms. The summed E-state index contributed by atoms with van der Waals surface area (Å²) in [5, 5.41) is 13.8. The van der Waals surface area contributed by atoms with Gasteiger partial charge in [-0.3, -0.25) is 9.59 Å². The van der Waals surface area contributed by atoms with Crippen molar-refractivity contribution in [1.82, 2.24) is 5.01 Å². The maximum atomic E-state index is 12.1. The van der Waals surface area contributed by atoms with Crippen LogP contribution in [0.2, 0.25) is 0 Å². The van der Waals surface area contributed by atoms with Crippen molar-refractivity contribution in [2.24, 2.45) is 5.10 Å². The molecule has 0 aliphatic carbocycles. The molecule has 0 saturated carbocycles. The van der Waals surface area contributed by atoms with Gasteiger partial charge < -0.3 is 5.11 Å². The molecule has 1 heterocycles. The molecular formula is C14H14N2O4S2. The van der Waals surface area contributed by atoms with Gasteiger partial charge in [0.25, 0.3) is 0 Å². The molecule has 1 atom stereocenters. The topological polar surface area (TPSA) is 87.0 Å². The van der Waals surface area contributed by atoms with Gasteiger partial charge in [-0.1, -0.05) is 53.9 Å². The van der Waals surface area contributed by atoms with Gasteiger partial charge in [-0.2, -0.15) is 5.10 Å². The molecule has 1 unspecified atom stereocenters. The summed E-state index contributed by atoms with van der Waals surface area (Å²) < 4.78 is 0. The van der Waals surface area contributed by atoms with Gasteiger partial charge in [-0.05, 0) is 0 Å². The lowest BCUT2D eigenvalue weighted by atomic mass is 10.2. The van der Waals surface area contributed by atoms with Crippen molar-refractivity contribution in [1.29, 1.82) is 0 Å². The van der Waals surface area contributed by atoms with E-state index in [4.69, 9.17) is 0 Å². The van der Waals surface area contributed by atoms with E-state index < -0.39 is 17.3 Å². The lowest BCUT2D eigenvalue weighted by Crippen LogP contribution is -2.36. The van der Waals surface area contributed by atoms with Gasteiger partial charge in [-0.25, -0.2) is 9.80 Å². The third-order valence-corrected chi connectivity index (χ3v) is 4.73. The number of benzene rings is 1. The number of aliphatic carboxylic acids is 1. The SMILES string of the molecule is CC(=O)SCCC(=O)N1N=C(c2ccccc2)SC1C(=O)O. The fraction of sp³-hybridized carbons (Fsp3) is 0.286. The molecule has 1 amide bonds. The summed E-state index contributed by atoms with van der Waals surface area (Å²) in [5.41, 5.74) is 0.771. The quantitative estimate of drug-likeness (QED) is 0.883. The van der Waals surface area contributed by atoms with E-state index in [1.165, 1.54) is 6.92 Å². The summed E-state index contributed by atoms with van der Waals surface area (Å²) in [5.74, 6) is -1.20. The van der Waals surface area contributed by atoms with E-state index in [2.05, 4.69) is 5.10 Å². The molecule has 1 aromatic rings. The number of hydrogen-bond donors (Lipinski definition) is 1. The fourth-order valence-corrected chi connectivity index (χ4v) is 3.32. The van der Waals surface area contributed by atoms with E-state index in [-0.39, 0.29) is 11.5 Å². The van der Waals surface area contributed by atoms with Gasteiger partial charge in [0.05, 0.1) is 0 Å². The fourth-order valence-electron chi connectivity index (χ4n) is 1.77. The summed E-state index contributed by atoms with van der Waals surface area (Å²) >= 11 is 2.07.